The molecule has 2 aromatic rings. The van der Waals surface area contributed by atoms with E-state index in [4.69, 9.17) is 41.7 Å². The van der Waals surface area contributed by atoms with Gasteiger partial charge in [0.1, 0.15) is 24.0 Å². The smallest absolute Gasteiger partial charge is 0.459 e. The van der Waals surface area contributed by atoms with Crippen LogP contribution in [-0.4, -0.2) is 55.9 Å². The minimum absolute atomic E-state index is 0.176. The van der Waals surface area contributed by atoms with Crippen LogP contribution in [0.2, 0.25) is 0 Å². The molecule has 1 unspecified atom stereocenters. The summed E-state index contributed by atoms with van der Waals surface area (Å²) in [7, 11) is -4.28. The summed E-state index contributed by atoms with van der Waals surface area (Å²) < 4.78 is 34.6. The molecule has 1 saturated heterocycles. The average Bonchev–Trinajstić information content (AvgIpc) is 3.06. The van der Waals surface area contributed by atoms with E-state index < -0.39 is 60.4 Å². The molecule has 2 heterocycles. The third-order valence-corrected chi connectivity index (χ3v) is 7.92. The number of nitrogens with zero attached hydrogens (tertiary/aromatic N) is 1. The Kier molecular flexibility index (Phi) is 9.62. The summed E-state index contributed by atoms with van der Waals surface area (Å²) in [5.74, 6) is -0.500. The number of carbonyl (C=O) groups is 1. The minimum Gasteiger partial charge on any atom is -0.462 e. The van der Waals surface area contributed by atoms with Crippen LogP contribution in [-0.2, 0) is 23.4 Å². The number of para-hydroxylation sites is 1. The second kappa shape index (κ2) is 12.1. The Bertz CT molecular complexity index is 1240. The van der Waals surface area contributed by atoms with Crippen molar-refractivity contribution < 1.29 is 33.0 Å². The van der Waals surface area contributed by atoms with Crippen LogP contribution in [0.3, 0.4) is 0 Å². The SMILES string of the molecule is CC[C@H](C)OC(=O)[C@H](C)NP(=O)(OC[C@H]1O[C@@H](n2ccc(=O)[nH]c2=O)C(Cl)(Cl)[C@@H]1O)Oc1ccccc1. The van der Waals surface area contributed by atoms with Crippen molar-refractivity contribution in [3.05, 3.63) is 63.4 Å². The van der Waals surface area contributed by atoms with Gasteiger partial charge in [0, 0.05) is 12.3 Å². The molecule has 0 aliphatic carbocycles. The van der Waals surface area contributed by atoms with Crippen LogP contribution in [0.1, 0.15) is 33.4 Å². The third-order valence-electron chi connectivity index (χ3n) is 5.46. The Labute approximate surface area is 222 Å². The van der Waals surface area contributed by atoms with Crippen molar-refractivity contribution in [3.63, 3.8) is 0 Å². The van der Waals surface area contributed by atoms with Gasteiger partial charge in [-0.3, -0.25) is 23.7 Å². The standard InChI is InChI=1S/C22H28Cl2N3O9P/c1-4-13(2)34-19(30)14(3)26-37(32,36-15-8-6-5-7-9-15)33-12-16-18(29)22(23,24)20(35-16)27-11-10-17(28)25-21(27)31/h5-11,13-14,16,18,20,29H,4,12H2,1-3H3,(H,26,32)(H,25,28,31)/t13-,14-,16+,18+,20+,37?/m0/s1. The lowest BCUT2D eigenvalue weighted by Gasteiger charge is -2.25. The van der Waals surface area contributed by atoms with E-state index in [0.29, 0.717) is 6.42 Å². The molecule has 0 bridgehead atoms. The number of aliphatic hydroxyl groups is 1. The maximum Gasteiger partial charge on any atom is 0.459 e. The minimum atomic E-state index is -4.28. The summed E-state index contributed by atoms with van der Waals surface area (Å²) >= 11 is 12.6. The van der Waals surface area contributed by atoms with Crippen LogP contribution in [0.5, 0.6) is 5.75 Å². The predicted molar refractivity (Wildman–Crippen MR) is 135 cm³/mol. The van der Waals surface area contributed by atoms with Crippen LogP contribution in [0.25, 0.3) is 0 Å². The van der Waals surface area contributed by atoms with Crippen LogP contribution in [0.4, 0.5) is 0 Å². The van der Waals surface area contributed by atoms with Gasteiger partial charge in [0.05, 0.1) is 12.7 Å². The number of alkyl halides is 2. The van der Waals surface area contributed by atoms with E-state index >= 15 is 0 Å². The normalized spacial score (nSPS) is 24.1. The summed E-state index contributed by atoms with van der Waals surface area (Å²) in [5, 5.41) is 13.2. The second-order valence-electron chi connectivity index (χ2n) is 8.37. The van der Waals surface area contributed by atoms with Crippen molar-refractivity contribution >= 4 is 36.9 Å². The van der Waals surface area contributed by atoms with E-state index in [9.17, 15) is 24.1 Å². The van der Waals surface area contributed by atoms with Crippen molar-refractivity contribution in [2.45, 2.75) is 62.1 Å². The number of ether oxygens (including phenoxy) is 2. The molecule has 1 aromatic carbocycles. The second-order valence-corrected chi connectivity index (χ2v) is 11.5. The number of halogens is 2. The monoisotopic (exact) mass is 579 g/mol. The van der Waals surface area contributed by atoms with Gasteiger partial charge in [-0.1, -0.05) is 48.3 Å². The van der Waals surface area contributed by atoms with Gasteiger partial charge in [0.25, 0.3) is 5.56 Å². The molecule has 0 amide bonds. The number of carbonyl (C=O) groups excluding carboxylic acids is 1. The van der Waals surface area contributed by atoms with E-state index in [1.54, 1.807) is 25.1 Å². The predicted octanol–water partition coefficient (Wildman–Crippen LogP) is 2.49. The zero-order chi connectivity index (χ0) is 27.4. The molecule has 1 aliphatic rings. The summed E-state index contributed by atoms with van der Waals surface area (Å²) in [6.45, 7) is 4.42. The molecule has 204 valence electrons. The van der Waals surface area contributed by atoms with Crippen molar-refractivity contribution in [1.82, 2.24) is 14.6 Å². The third kappa shape index (κ3) is 7.23. The quantitative estimate of drug-likeness (QED) is 0.205. The Hall–Kier alpha value is -2.18. The van der Waals surface area contributed by atoms with Crippen LogP contribution >= 0.6 is 30.9 Å². The van der Waals surface area contributed by atoms with E-state index in [2.05, 4.69) is 5.09 Å². The highest BCUT2D eigenvalue weighted by Gasteiger charge is 2.56. The first-order chi connectivity index (χ1) is 17.4. The highest BCUT2D eigenvalue weighted by molar-refractivity contribution is 7.52. The van der Waals surface area contributed by atoms with E-state index in [-0.39, 0.29) is 11.9 Å². The number of aliphatic hydroxyl groups excluding tert-OH is 1. The molecule has 0 spiro atoms. The Morgan fingerprint density at radius 1 is 1.27 bits per heavy atom. The van der Waals surface area contributed by atoms with Gasteiger partial charge < -0.3 is 19.1 Å². The van der Waals surface area contributed by atoms with E-state index in [0.717, 1.165) is 16.8 Å². The van der Waals surface area contributed by atoms with Crippen LogP contribution in [0.15, 0.2) is 52.2 Å². The number of hydrogen-bond donors (Lipinski definition) is 3. The Balaban J connectivity index is 1.79. The molecule has 0 saturated carbocycles. The Morgan fingerprint density at radius 3 is 2.57 bits per heavy atom. The van der Waals surface area contributed by atoms with Crippen LogP contribution < -0.4 is 20.9 Å². The zero-order valence-corrected chi connectivity index (χ0v) is 22.6. The fourth-order valence-electron chi connectivity index (χ4n) is 3.27. The van der Waals surface area contributed by atoms with Gasteiger partial charge in [0.2, 0.25) is 0 Å². The molecule has 6 atom stereocenters. The first-order valence-corrected chi connectivity index (χ1v) is 13.7. The largest absolute Gasteiger partial charge is 0.462 e. The zero-order valence-electron chi connectivity index (χ0n) is 20.2. The van der Waals surface area contributed by atoms with Crippen molar-refractivity contribution in [3.8, 4) is 5.75 Å². The van der Waals surface area contributed by atoms with Gasteiger partial charge in [-0.2, -0.15) is 5.09 Å². The Morgan fingerprint density at radius 2 is 1.95 bits per heavy atom. The number of aromatic amines is 1. The molecular formula is C22H28Cl2N3O9P. The van der Waals surface area contributed by atoms with Crippen LogP contribution in [0, 0.1) is 0 Å². The van der Waals surface area contributed by atoms with Gasteiger partial charge in [-0.05, 0) is 32.4 Å². The summed E-state index contributed by atoms with van der Waals surface area (Å²) in [4.78, 5) is 38.1. The first kappa shape index (κ1) is 29.4. The first-order valence-electron chi connectivity index (χ1n) is 11.4. The molecule has 12 nitrogen and oxygen atoms in total. The number of H-pyrrole nitrogens is 1. The maximum atomic E-state index is 13.7. The van der Waals surface area contributed by atoms with E-state index in [1.807, 2.05) is 11.9 Å². The number of aromatic nitrogens is 2. The number of benzene rings is 1. The maximum absolute atomic E-state index is 13.7. The number of esters is 1. The van der Waals surface area contributed by atoms with E-state index in [1.165, 1.54) is 19.1 Å². The lowest BCUT2D eigenvalue weighted by Crippen LogP contribution is -2.41. The molecule has 3 rings (SSSR count). The molecule has 0 radical (unpaired) electrons. The molecule has 1 aromatic heterocycles. The van der Waals surface area contributed by atoms with Gasteiger partial charge >= 0.3 is 19.4 Å². The van der Waals surface area contributed by atoms with Crippen molar-refractivity contribution in [2.75, 3.05) is 6.61 Å². The summed E-state index contributed by atoms with van der Waals surface area (Å²) in [5.41, 5.74) is -1.52. The average molecular weight is 580 g/mol. The van der Waals surface area contributed by atoms with Crippen molar-refractivity contribution in [1.29, 1.82) is 0 Å². The molecule has 1 fully saturated rings. The molecular weight excluding hydrogens is 552 g/mol. The number of nitrogens with one attached hydrogen (secondary N) is 2. The van der Waals surface area contributed by atoms with Gasteiger partial charge in [0.15, 0.2) is 10.6 Å². The lowest BCUT2D eigenvalue weighted by atomic mass is 10.2. The van der Waals surface area contributed by atoms with Gasteiger partial charge in [-0.25, -0.2) is 9.36 Å². The fourth-order valence-corrected chi connectivity index (χ4v) is 5.37. The molecule has 3 N–H and O–H groups in total. The number of hydrogen-bond acceptors (Lipinski definition) is 9. The molecule has 37 heavy (non-hydrogen) atoms. The summed E-state index contributed by atoms with van der Waals surface area (Å²) in [6, 6.07) is 8.03. The summed E-state index contributed by atoms with van der Waals surface area (Å²) in [6.07, 6.45) is -2.98. The van der Waals surface area contributed by atoms with Crippen molar-refractivity contribution in [2.24, 2.45) is 0 Å². The van der Waals surface area contributed by atoms with Gasteiger partial charge in [-0.15, -0.1) is 0 Å². The highest BCUT2D eigenvalue weighted by atomic mass is 35.5. The molecule has 15 heteroatoms. The fraction of sp³-hybridized carbons (Fsp3) is 0.500. The molecule has 1 aliphatic heterocycles. The highest BCUT2D eigenvalue weighted by Crippen LogP contribution is 2.49. The topological polar surface area (TPSA) is 158 Å². The lowest BCUT2D eigenvalue weighted by molar-refractivity contribution is -0.150. The number of rotatable bonds is 11.